The Kier molecular flexibility index (Phi) is 5.43. The monoisotopic (exact) mass is 352 g/mol. The summed E-state index contributed by atoms with van der Waals surface area (Å²) in [5, 5.41) is 10.2. The summed E-state index contributed by atoms with van der Waals surface area (Å²) >= 11 is 0. The van der Waals surface area contributed by atoms with Gasteiger partial charge < -0.3 is 15.4 Å². The van der Waals surface area contributed by atoms with E-state index in [1.165, 1.54) is 0 Å². The molecule has 0 spiro atoms. The van der Waals surface area contributed by atoms with E-state index < -0.39 is 0 Å². The van der Waals surface area contributed by atoms with Crippen LogP contribution in [0.5, 0.6) is 5.75 Å². The average molecular weight is 352 g/mol. The summed E-state index contributed by atoms with van der Waals surface area (Å²) in [6.45, 7) is 2.82. The standard InChI is InChI=1S/C18H20N6O2/c1-13-22-16(12-17(23-13)24-11-3-8-21-24)19-9-10-20-18(25)14-4-6-15(26-2)7-5-14/h3-8,11-12H,9-10H2,1-2H3,(H,20,25)(H,19,22,23). The highest BCUT2D eigenvalue weighted by atomic mass is 16.5. The predicted octanol–water partition coefficient (Wildman–Crippen LogP) is 1.82. The number of carbonyl (C=O) groups excluding carboxylic acids is 1. The van der Waals surface area contributed by atoms with Gasteiger partial charge in [-0.05, 0) is 37.3 Å². The first-order valence-electron chi connectivity index (χ1n) is 8.17. The largest absolute Gasteiger partial charge is 0.497 e. The van der Waals surface area contributed by atoms with E-state index in [-0.39, 0.29) is 5.91 Å². The van der Waals surface area contributed by atoms with Crippen LogP contribution in [-0.4, -0.2) is 45.9 Å². The molecule has 2 heterocycles. The Morgan fingerprint density at radius 1 is 1.19 bits per heavy atom. The van der Waals surface area contributed by atoms with Crippen molar-refractivity contribution in [3.63, 3.8) is 0 Å². The third-order valence-electron chi connectivity index (χ3n) is 3.63. The lowest BCUT2D eigenvalue weighted by Gasteiger charge is -2.10. The van der Waals surface area contributed by atoms with Crippen molar-refractivity contribution in [3.8, 4) is 11.6 Å². The average Bonchev–Trinajstić information content (AvgIpc) is 3.19. The number of nitrogens with zero attached hydrogens (tertiary/aromatic N) is 4. The number of benzene rings is 1. The van der Waals surface area contributed by atoms with Crippen LogP contribution in [0.3, 0.4) is 0 Å². The van der Waals surface area contributed by atoms with Crippen molar-refractivity contribution in [1.82, 2.24) is 25.1 Å². The van der Waals surface area contributed by atoms with Crippen molar-refractivity contribution in [2.24, 2.45) is 0 Å². The van der Waals surface area contributed by atoms with E-state index in [0.717, 1.165) is 5.75 Å². The molecule has 0 saturated carbocycles. The molecule has 0 saturated heterocycles. The number of hydrogen-bond acceptors (Lipinski definition) is 6. The molecule has 0 aliphatic heterocycles. The van der Waals surface area contributed by atoms with Gasteiger partial charge in [-0.2, -0.15) is 5.10 Å². The highest BCUT2D eigenvalue weighted by Gasteiger charge is 2.06. The third-order valence-corrected chi connectivity index (χ3v) is 3.63. The molecular formula is C18H20N6O2. The molecule has 2 N–H and O–H groups in total. The van der Waals surface area contributed by atoms with Gasteiger partial charge in [-0.1, -0.05) is 0 Å². The van der Waals surface area contributed by atoms with Crippen LogP contribution in [0, 0.1) is 6.92 Å². The molecule has 0 atom stereocenters. The normalized spacial score (nSPS) is 10.4. The predicted molar refractivity (Wildman–Crippen MR) is 97.7 cm³/mol. The minimum atomic E-state index is -0.134. The Labute approximate surface area is 151 Å². The van der Waals surface area contributed by atoms with Gasteiger partial charge in [0.15, 0.2) is 5.82 Å². The molecule has 2 aromatic heterocycles. The second kappa shape index (κ2) is 8.11. The zero-order valence-electron chi connectivity index (χ0n) is 14.6. The van der Waals surface area contributed by atoms with Gasteiger partial charge >= 0.3 is 0 Å². The van der Waals surface area contributed by atoms with Crippen molar-refractivity contribution in [3.05, 3.63) is 60.2 Å². The molecule has 3 rings (SSSR count). The molecule has 26 heavy (non-hydrogen) atoms. The van der Waals surface area contributed by atoms with Crippen molar-refractivity contribution >= 4 is 11.7 Å². The van der Waals surface area contributed by atoms with E-state index >= 15 is 0 Å². The molecule has 0 aliphatic rings. The maximum absolute atomic E-state index is 12.1. The highest BCUT2D eigenvalue weighted by Crippen LogP contribution is 2.11. The number of anilines is 1. The summed E-state index contributed by atoms with van der Waals surface area (Å²) in [7, 11) is 1.59. The molecule has 0 fully saturated rings. The smallest absolute Gasteiger partial charge is 0.251 e. The first kappa shape index (κ1) is 17.4. The molecule has 1 amide bonds. The number of amides is 1. The number of aromatic nitrogens is 4. The van der Waals surface area contributed by atoms with Crippen LogP contribution in [0.4, 0.5) is 5.82 Å². The number of nitrogens with one attached hydrogen (secondary N) is 2. The second-order valence-corrected chi connectivity index (χ2v) is 5.52. The molecular weight excluding hydrogens is 332 g/mol. The molecule has 0 radical (unpaired) electrons. The van der Waals surface area contributed by atoms with Crippen molar-refractivity contribution < 1.29 is 9.53 Å². The molecule has 1 aromatic carbocycles. The Morgan fingerprint density at radius 3 is 2.69 bits per heavy atom. The van der Waals surface area contributed by atoms with Crippen molar-refractivity contribution in [1.29, 1.82) is 0 Å². The van der Waals surface area contributed by atoms with E-state index in [0.29, 0.717) is 36.1 Å². The lowest BCUT2D eigenvalue weighted by Crippen LogP contribution is -2.28. The van der Waals surface area contributed by atoms with Crippen LogP contribution in [0.2, 0.25) is 0 Å². The van der Waals surface area contributed by atoms with E-state index in [1.807, 2.05) is 25.3 Å². The molecule has 134 valence electrons. The fourth-order valence-electron chi connectivity index (χ4n) is 2.38. The van der Waals surface area contributed by atoms with Crippen LogP contribution in [-0.2, 0) is 0 Å². The van der Waals surface area contributed by atoms with E-state index in [1.54, 1.807) is 42.3 Å². The Balaban J connectivity index is 1.52. The second-order valence-electron chi connectivity index (χ2n) is 5.52. The van der Waals surface area contributed by atoms with Gasteiger partial charge in [0, 0.05) is 37.1 Å². The zero-order chi connectivity index (χ0) is 18.4. The summed E-state index contributed by atoms with van der Waals surface area (Å²) < 4.78 is 6.75. The SMILES string of the molecule is COc1ccc(C(=O)NCCNc2cc(-n3cccn3)nc(C)n2)cc1. The quantitative estimate of drug-likeness (QED) is 0.630. The van der Waals surface area contributed by atoms with Crippen LogP contribution in [0.1, 0.15) is 16.2 Å². The number of hydrogen-bond donors (Lipinski definition) is 2. The van der Waals surface area contributed by atoms with E-state index in [2.05, 4.69) is 25.7 Å². The van der Waals surface area contributed by atoms with Crippen LogP contribution >= 0.6 is 0 Å². The fourth-order valence-corrected chi connectivity index (χ4v) is 2.38. The summed E-state index contributed by atoms with van der Waals surface area (Å²) in [5.74, 6) is 2.60. The van der Waals surface area contributed by atoms with Crippen LogP contribution in [0.15, 0.2) is 48.8 Å². The van der Waals surface area contributed by atoms with Gasteiger partial charge in [0.2, 0.25) is 0 Å². The molecule has 0 unspecified atom stereocenters. The Hall–Kier alpha value is -3.42. The topological polar surface area (TPSA) is 94.0 Å². The van der Waals surface area contributed by atoms with Gasteiger partial charge in [-0.3, -0.25) is 4.79 Å². The lowest BCUT2D eigenvalue weighted by molar-refractivity contribution is 0.0955. The van der Waals surface area contributed by atoms with E-state index in [9.17, 15) is 4.79 Å². The van der Waals surface area contributed by atoms with E-state index in [4.69, 9.17) is 4.74 Å². The third kappa shape index (κ3) is 4.35. The number of ether oxygens (including phenoxy) is 1. The maximum atomic E-state index is 12.1. The van der Waals surface area contributed by atoms with Gasteiger partial charge in [0.25, 0.3) is 5.91 Å². The van der Waals surface area contributed by atoms with Gasteiger partial charge in [-0.25, -0.2) is 14.6 Å². The molecule has 8 nitrogen and oxygen atoms in total. The fraction of sp³-hybridized carbons (Fsp3) is 0.222. The van der Waals surface area contributed by atoms with Crippen LogP contribution in [0.25, 0.3) is 5.82 Å². The Bertz CT molecular complexity index is 862. The lowest BCUT2D eigenvalue weighted by atomic mass is 10.2. The van der Waals surface area contributed by atoms with Gasteiger partial charge in [0.05, 0.1) is 7.11 Å². The number of rotatable bonds is 7. The zero-order valence-corrected chi connectivity index (χ0v) is 14.6. The minimum Gasteiger partial charge on any atom is -0.497 e. The molecule has 0 aliphatic carbocycles. The summed E-state index contributed by atoms with van der Waals surface area (Å²) in [4.78, 5) is 20.8. The van der Waals surface area contributed by atoms with Crippen molar-refractivity contribution in [2.75, 3.05) is 25.5 Å². The Morgan fingerprint density at radius 2 is 2.00 bits per heavy atom. The van der Waals surface area contributed by atoms with Gasteiger partial charge in [-0.15, -0.1) is 0 Å². The summed E-state index contributed by atoms with van der Waals surface area (Å²) in [6.07, 6.45) is 3.51. The van der Waals surface area contributed by atoms with Gasteiger partial charge in [0.1, 0.15) is 17.4 Å². The number of aryl methyl sites for hydroxylation is 1. The summed E-state index contributed by atoms with van der Waals surface area (Å²) in [5.41, 5.74) is 0.588. The number of carbonyl (C=O) groups is 1. The minimum absolute atomic E-state index is 0.134. The summed E-state index contributed by atoms with van der Waals surface area (Å²) in [6, 6.07) is 10.6. The molecule has 8 heteroatoms. The van der Waals surface area contributed by atoms with Crippen LogP contribution < -0.4 is 15.4 Å². The van der Waals surface area contributed by atoms with Crippen molar-refractivity contribution in [2.45, 2.75) is 6.92 Å². The number of methoxy groups -OCH3 is 1. The molecule has 3 aromatic rings. The molecule has 0 bridgehead atoms. The first-order chi connectivity index (χ1) is 12.7. The maximum Gasteiger partial charge on any atom is 0.251 e. The first-order valence-corrected chi connectivity index (χ1v) is 8.17. The highest BCUT2D eigenvalue weighted by molar-refractivity contribution is 5.94.